The van der Waals surface area contributed by atoms with Crippen LogP contribution in [-0.2, 0) is 21.5 Å². The average molecular weight is 655 g/mol. The molecule has 3 aromatic heterocycles. The predicted molar refractivity (Wildman–Crippen MR) is 154 cm³/mol. The van der Waals surface area contributed by atoms with Gasteiger partial charge < -0.3 is 24.2 Å². The molecule has 3 fully saturated rings. The van der Waals surface area contributed by atoms with Crippen LogP contribution in [0.5, 0.6) is 0 Å². The van der Waals surface area contributed by atoms with Crippen molar-refractivity contribution in [1.82, 2.24) is 30.2 Å². The lowest BCUT2D eigenvalue weighted by atomic mass is 9.97. The van der Waals surface area contributed by atoms with Crippen molar-refractivity contribution >= 4 is 45.7 Å². The molecular formula is C28H30IN7O4. The van der Waals surface area contributed by atoms with Crippen LogP contribution in [0.3, 0.4) is 0 Å². The third-order valence-electron chi connectivity index (χ3n) is 8.58. The molecule has 5 heterocycles. The highest BCUT2D eigenvalue weighted by molar-refractivity contribution is 14.1. The second kappa shape index (κ2) is 10.6. The summed E-state index contributed by atoms with van der Waals surface area (Å²) in [7, 11) is 0. The van der Waals surface area contributed by atoms with E-state index in [-0.39, 0.29) is 24.2 Å². The number of nitrogens with zero attached hydrogens (tertiary/aromatic N) is 6. The molecule has 40 heavy (non-hydrogen) atoms. The summed E-state index contributed by atoms with van der Waals surface area (Å²) in [6, 6.07) is 11.6. The maximum atomic E-state index is 12.6. The summed E-state index contributed by atoms with van der Waals surface area (Å²) in [4.78, 5) is 24.7. The highest BCUT2D eigenvalue weighted by atomic mass is 127. The lowest BCUT2D eigenvalue weighted by Gasteiger charge is -2.27. The number of anilines is 1. The van der Waals surface area contributed by atoms with Crippen LogP contribution in [0.2, 0.25) is 0 Å². The van der Waals surface area contributed by atoms with Gasteiger partial charge in [0.2, 0.25) is 0 Å². The van der Waals surface area contributed by atoms with Crippen LogP contribution in [0, 0.1) is 15.5 Å². The van der Waals surface area contributed by atoms with E-state index in [4.69, 9.17) is 29.1 Å². The Morgan fingerprint density at radius 2 is 2.08 bits per heavy atom. The summed E-state index contributed by atoms with van der Waals surface area (Å²) in [5.74, 6) is 1.49. The minimum atomic E-state index is -0.434. The molecule has 1 aliphatic carbocycles. The lowest BCUT2D eigenvalue weighted by molar-refractivity contribution is -0.0372. The van der Waals surface area contributed by atoms with Gasteiger partial charge in [-0.05, 0) is 65.7 Å². The van der Waals surface area contributed by atoms with Gasteiger partial charge in [-0.15, -0.1) is 0 Å². The zero-order valence-corrected chi connectivity index (χ0v) is 24.1. The number of halogens is 1. The smallest absolute Gasteiger partial charge is 0.407 e. The van der Waals surface area contributed by atoms with Crippen LogP contribution in [0.25, 0.3) is 11.2 Å². The maximum absolute atomic E-state index is 12.6. The minimum Gasteiger partial charge on any atom is -0.445 e. The Bertz CT molecular complexity index is 1490. The summed E-state index contributed by atoms with van der Waals surface area (Å²) in [5, 5.41) is 12.0. The van der Waals surface area contributed by atoms with Gasteiger partial charge >= 0.3 is 6.09 Å². The molecule has 4 unspecified atom stereocenters. The number of hydrogen-bond acceptors (Lipinski definition) is 9. The van der Waals surface area contributed by atoms with Gasteiger partial charge in [-0.1, -0.05) is 35.5 Å². The van der Waals surface area contributed by atoms with Gasteiger partial charge in [-0.25, -0.2) is 19.4 Å². The van der Waals surface area contributed by atoms with Crippen molar-refractivity contribution in [2.45, 2.75) is 43.9 Å². The molecule has 1 saturated carbocycles. The Balaban J connectivity index is 1.08. The van der Waals surface area contributed by atoms with Crippen molar-refractivity contribution in [2.75, 3.05) is 31.1 Å². The molecule has 0 spiro atoms. The van der Waals surface area contributed by atoms with Crippen molar-refractivity contribution in [2.24, 2.45) is 11.8 Å². The van der Waals surface area contributed by atoms with Crippen LogP contribution in [0.4, 0.5) is 10.6 Å². The van der Waals surface area contributed by atoms with Gasteiger partial charge in [0.05, 0.1) is 11.9 Å². The van der Waals surface area contributed by atoms with Crippen LogP contribution in [-0.4, -0.2) is 57.2 Å². The standard InChI is InChI=1S/C28H30IN7O4/c29-25-24-26(36(33-25)23-8-4-5-12-38-23)32-22(14-30-24)35-11-9-19-20(15-35)28(19,21-10-13-40-34-21)17-31-27(37)39-16-18-6-2-1-3-7-18/h1-3,6-7,10,13-14,19-20,23H,4-5,8-9,11-12,15-17H2,(H,31,37). The zero-order chi connectivity index (χ0) is 27.1. The lowest BCUT2D eigenvalue weighted by Crippen LogP contribution is -2.36. The molecule has 0 radical (unpaired) electrons. The fourth-order valence-corrected chi connectivity index (χ4v) is 7.11. The number of benzene rings is 1. The van der Waals surface area contributed by atoms with Crippen molar-refractivity contribution in [3.63, 3.8) is 0 Å². The molecule has 4 atom stereocenters. The van der Waals surface area contributed by atoms with Gasteiger partial charge in [0, 0.05) is 37.7 Å². The number of piperidine rings is 1. The van der Waals surface area contributed by atoms with Crippen LogP contribution < -0.4 is 10.2 Å². The highest BCUT2D eigenvalue weighted by Crippen LogP contribution is 2.63. The summed E-state index contributed by atoms with van der Waals surface area (Å²) in [6.07, 6.45) is 6.96. The number of ether oxygens (including phenoxy) is 2. The van der Waals surface area contributed by atoms with E-state index in [9.17, 15) is 4.79 Å². The Kier molecular flexibility index (Phi) is 6.82. The van der Waals surface area contributed by atoms with E-state index in [1.807, 2.05) is 47.3 Å². The molecule has 1 amide bonds. The molecule has 2 aliphatic heterocycles. The molecule has 1 aromatic carbocycles. The van der Waals surface area contributed by atoms with Gasteiger partial charge in [0.15, 0.2) is 15.6 Å². The first-order valence-electron chi connectivity index (χ1n) is 13.8. The first kappa shape index (κ1) is 25.7. The van der Waals surface area contributed by atoms with Gasteiger partial charge in [-0.2, -0.15) is 5.10 Å². The summed E-state index contributed by atoms with van der Waals surface area (Å²) in [5.41, 5.74) is 3.07. The number of carbonyl (C=O) groups is 1. The SMILES string of the molecule is O=C(NCC1(c2ccon2)C2CCN(c3cnc4c(I)nn(C5CCCCO5)c4n3)CC21)OCc1ccccc1. The molecule has 208 valence electrons. The van der Waals surface area contributed by atoms with Crippen LogP contribution in [0.15, 0.2) is 53.4 Å². The first-order valence-corrected chi connectivity index (χ1v) is 14.8. The monoisotopic (exact) mass is 655 g/mol. The van der Waals surface area contributed by atoms with E-state index >= 15 is 0 Å². The first-order chi connectivity index (χ1) is 19.6. The highest BCUT2D eigenvalue weighted by Gasteiger charge is 2.68. The van der Waals surface area contributed by atoms with Gasteiger partial charge in [0.1, 0.15) is 24.2 Å². The van der Waals surface area contributed by atoms with Crippen molar-refractivity contribution in [3.8, 4) is 0 Å². The van der Waals surface area contributed by atoms with Crippen molar-refractivity contribution in [3.05, 3.63) is 63.8 Å². The molecule has 7 rings (SSSR count). The van der Waals surface area contributed by atoms with E-state index in [0.29, 0.717) is 12.5 Å². The maximum Gasteiger partial charge on any atom is 0.407 e. The molecular weight excluding hydrogens is 625 g/mol. The minimum absolute atomic E-state index is 0.106. The predicted octanol–water partition coefficient (Wildman–Crippen LogP) is 4.44. The molecule has 12 heteroatoms. The molecule has 4 aromatic rings. The van der Waals surface area contributed by atoms with Crippen LogP contribution in [0.1, 0.15) is 43.2 Å². The van der Waals surface area contributed by atoms with Crippen molar-refractivity contribution in [1.29, 1.82) is 0 Å². The third-order valence-corrected chi connectivity index (χ3v) is 9.31. The zero-order valence-electron chi connectivity index (χ0n) is 21.9. The van der Waals surface area contributed by atoms with Crippen molar-refractivity contribution < 1.29 is 18.8 Å². The summed E-state index contributed by atoms with van der Waals surface area (Å²) >= 11 is 2.22. The average Bonchev–Trinajstić information content (AvgIpc) is 3.28. The number of aromatic nitrogens is 5. The van der Waals surface area contributed by atoms with E-state index < -0.39 is 6.09 Å². The Hall–Kier alpha value is -3.26. The number of nitrogens with one attached hydrogen (secondary N) is 1. The van der Waals surface area contributed by atoms with E-state index in [0.717, 1.165) is 77.3 Å². The van der Waals surface area contributed by atoms with E-state index in [1.165, 1.54) is 0 Å². The number of fused-ring (bicyclic) bond motifs is 2. The third kappa shape index (κ3) is 4.60. The molecule has 2 saturated heterocycles. The van der Waals surface area contributed by atoms with Gasteiger partial charge in [-0.3, -0.25) is 0 Å². The Morgan fingerprint density at radius 1 is 1.18 bits per heavy atom. The fraction of sp³-hybridized carbons (Fsp3) is 0.464. The number of rotatable bonds is 7. The van der Waals surface area contributed by atoms with E-state index in [2.05, 4.69) is 38.0 Å². The second-order valence-corrected chi connectivity index (χ2v) is 11.8. The Morgan fingerprint density at radius 3 is 2.88 bits per heavy atom. The fourth-order valence-electron chi connectivity index (χ4n) is 6.50. The molecule has 1 N–H and O–H groups in total. The summed E-state index contributed by atoms with van der Waals surface area (Å²) < 4.78 is 19.5. The number of amides is 1. The van der Waals surface area contributed by atoms with E-state index in [1.54, 1.807) is 6.26 Å². The normalized spacial score (nSPS) is 25.9. The number of hydrogen-bond donors (Lipinski definition) is 1. The van der Waals surface area contributed by atoms with Crippen LogP contribution >= 0.6 is 22.6 Å². The number of alkyl carbamates (subject to hydrolysis) is 1. The quantitative estimate of drug-likeness (QED) is 0.288. The Labute approximate surface area is 244 Å². The molecule has 0 bridgehead atoms. The van der Waals surface area contributed by atoms with Gasteiger partial charge in [0.25, 0.3) is 0 Å². The number of carbonyl (C=O) groups excluding carboxylic acids is 1. The summed E-state index contributed by atoms with van der Waals surface area (Å²) in [6.45, 7) is 3.02. The second-order valence-electron chi connectivity index (χ2n) is 10.7. The molecule has 11 nitrogen and oxygen atoms in total. The molecule has 3 aliphatic rings. The largest absolute Gasteiger partial charge is 0.445 e. The topological polar surface area (TPSA) is 120 Å².